The summed E-state index contributed by atoms with van der Waals surface area (Å²) in [6.07, 6.45) is 2.50. The summed E-state index contributed by atoms with van der Waals surface area (Å²) in [7, 11) is 0. The van der Waals surface area contributed by atoms with Crippen molar-refractivity contribution in [1.29, 1.82) is 0 Å². The summed E-state index contributed by atoms with van der Waals surface area (Å²) in [4.78, 5) is 14.9. The second-order valence-electron chi connectivity index (χ2n) is 6.87. The highest BCUT2D eigenvalue weighted by Gasteiger charge is 2.17. The van der Waals surface area contributed by atoms with Crippen LogP contribution in [0.4, 0.5) is 0 Å². The van der Waals surface area contributed by atoms with Crippen molar-refractivity contribution >= 4 is 21.9 Å². The lowest BCUT2D eigenvalue weighted by Crippen LogP contribution is -2.32. The van der Waals surface area contributed by atoms with Gasteiger partial charge in [-0.25, -0.2) is 4.79 Å². The Morgan fingerprint density at radius 2 is 1.84 bits per heavy atom. The topological polar surface area (TPSA) is 29.5 Å². The Morgan fingerprint density at radius 3 is 2.56 bits per heavy atom. The molecule has 0 unspecified atom stereocenters. The number of benzene rings is 2. The number of esters is 1. The molecule has 0 amide bonds. The number of hydrogen-bond acceptors (Lipinski definition) is 3. The molecule has 0 bridgehead atoms. The van der Waals surface area contributed by atoms with E-state index in [1.54, 1.807) is 0 Å². The van der Waals surface area contributed by atoms with Gasteiger partial charge in [-0.1, -0.05) is 53.2 Å². The van der Waals surface area contributed by atoms with Gasteiger partial charge in [-0.05, 0) is 61.2 Å². The van der Waals surface area contributed by atoms with Crippen LogP contribution in [0.3, 0.4) is 0 Å². The van der Waals surface area contributed by atoms with Gasteiger partial charge in [0.1, 0.15) is 6.61 Å². The Hall–Kier alpha value is -1.65. The largest absolute Gasteiger partial charge is 0.457 e. The van der Waals surface area contributed by atoms with Crippen molar-refractivity contribution in [1.82, 2.24) is 4.90 Å². The quantitative estimate of drug-likeness (QED) is 0.657. The molecule has 0 aliphatic carbocycles. The molecule has 25 heavy (non-hydrogen) atoms. The average Bonchev–Trinajstić information content (AvgIpc) is 2.62. The Bertz CT molecular complexity index is 709. The van der Waals surface area contributed by atoms with Crippen LogP contribution in [0.25, 0.3) is 0 Å². The number of halogens is 1. The fourth-order valence-corrected chi connectivity index (χ4v) is 3.69. The summed E-state index contributed by atoms with van der Waals surface area (Å²) in [5, 5.41) is 0. The highest BCUT2D eigenvalue weighted by molar-refractivity contribution is 9.10. The molecular weight excluding hydrogens is 378 g/mol. The van der Waals surface area contributed by atoms with E-state index < -0.39 is 0 Å². The zero-order valence-corrected chi connectivity index (χ0v) is 16.2. The third-order valence-corrected chi connectivity index (χ3v) is 5.15. The minimum Gasteiger partial charge on any atom is -0.457 e. The number of likely N-dealkylation sites (tertiary alicyclic amines) is 1. The van der Waals surface area contributed by atoms with Gasteiger partial charge in [-0.2, -0.15) is 0 Å². The number of ether oxygens (including phenoxy) is 1. The third kappa shape index (κ3) is 5.41. The summed E-state index contributed by atoms with van der Waals surface area (Å²) < 4.78 is 6.37. The van der Waals surface area contributed by atoms with Gasteiger partial charge in [0.05, 0.1) is 5.56 Å². The van der Waals surface area contributed by atoms with Crippen molar-refractivity contribution in [2.24, 2.45) is 5.92 Å². The lowest BCUT2D eigenvalue weighted by atomic mass is 9.98. The second-order valence-corrected chi connectivity index (χ2v) is 7.78. The number of carbonyl (C=O) groups excluding carboxylic acids is 1. The first-order valence-corrected chi connectivity index (χ1v) is 9.62. The van der Waals surface area contributed by atoms with Gasteiger partial charge in [0.15, 0.2) is 0 Å². The maximum absolute atomic E-state index is 12.4. The first-order chi connectivity index (χ1) is 12.1. The number of rotatable bonds is 5. The van der Waals surface area contributed by atoms with E-state index in [1.165, 1.54) is 12.8 Å². The molecule has 3 nitrogen and oxygen atoms in total. The van der Waals surface area contributed by atoms with Crippen molar-refractivity contribution in [3.05, 3.63) is 69.7 Å². The average molecular weight is 402 g/mol. The van der Waals surface area contributed by atoms with Crippen molar-refractivity contribution in [2.45, 2.75) is 32.9 Å². The molecule has 4 heteroatoms. The molecule has 0 radical (unpaired) electrons. The first-order valence-electron chi connectivity index (χ1n) is 8.83. The van der Waals surface area contributed by atoms with Gasteiger partial charge in [0, 0.05) is 11.0 Å². The van der Waals surface area contributed by atoms with Crippen LogP contribution in [-0.2, 0) is 17.9 Å². The van der Waals surface area contributed by atoms with Crippen molar-refractivity contribution in [2.75, 3.05) is 13.1 Å². The van der Waals surface area contributed by atoms with Crippen molar-refractivity contribution in [3.63, 3.8) is 0 Å². The van der Waals surface area contributed by atoms with Crippen LogP contribution in [0.15, 0.2) is 53.0 Å². The van der Waals surface area contributed by atoms with Crippen LogP contribution < -0.4 is 0 Å². The third-order valence-electron chi connectivity index (χ3n) is 4.69. The lowest BCUT2D eigenvalue weighted by molar-refractivity contribution is 0.0472. The van der Waals surface area contributed by atoms with E-state index in [9.17, 15) is 4.79 Å². The van der Waals surface area contributed by atoms with E-state index in [2.05, 4.69) is 33.8 Å². The van der Waals surface area contributed by atoms with Crippen LogP contribution in [0.2, 0.25) is 0 Å². The van der Waals surface area contributed by atoms with Gasteiger partial charge in [0.2, 0.25) is 0 Å². The monoisotopic (exact) mass is 401 g/mol. The zero-order valence-electron chi connectivity index (χ0n) is 14.6. The molecule has 0 atom stereocenters. The fourth-order valence-electron chi connectivity index (χ4n) is 3.14. The molecule has 132 valence electrons. The summed E-state index contributed by atoms with van der Waals surface area (Å²) >= 11 is 3.53. The van der Waals surface area contributed by atoms with E-state index in [-0.39, 0.29) is 5.97 Å². The van der Waals surface area contributed by atoms with Gasteiger partial charge in [-0.3, -0.25) is 4.90 Å². The molecular formula is C21H24BrNO2. The van der Waals surface area contributed by atoms with E-state index in [1.807, 2.05) is 42.5 Å². The highest BCUT2D eigenvalue weighted by atomic mass is 79.9. The maximum Gasteiger partial charge on any atom is 0.338 e. The minimum atomic E-state index is -0.279. The van der Waals surface area contributed by atoms with E-state index in [0.717, 1.165) is 41.2 Å². The number of piperidine rings is 1. The summed E-state index contributed by atoms with van der Waals surface area (Å²) in [5.41, 5.74) is 2.75. The standard InChI is InChI=1S/C21H24BrNO2/c1-16-7-9-23(10-8-16)14-18-11-19(13-20(22)12-18)21(24)25-15-17-5-3-2-4-6-17/h2-6,11-13,16H,7-10,14-15H2,1H3. The molecule has 1 fully saturated rings. The number of carbonyl (C=O) groups is 1. The summed E-state index contributed by atoms with van der Waals surface area (Å²) in [6.45, 7) is 5.75. The number of hydrogen-bond donors (Lipinski definition) is 0. The molecule has 1 aliphatic heterocycles. The Balaban J connectivity index is 1.63. The second kappa shape index (κ2) is 8.63. The van der Waals surface area contributed by atoms with E-state index in [0.29, 0.717) is 12.2 Å². The molecule has 0 saturated carbocycles. The Kier molecular flexibility index (Phi) is 6.27. The molecule has 1 heterocycles. The van der Waals surface area contributed by atoms with Gasteiger partial charge in [0.25, 0.3) is 0 Å². The van der Waals surface area contributed by atoms with Gasteiger partial charge < -0.3 is 4.74 Å². The van der Waals surface area contributed by atoms with Crippen LogP contribution in [0, 0.1) is 5.92 Å². The van der Waals surface area contributed by atoms with Crippen LogP contribution >= 0.6 is 15.9 Å². The summed E-state index contributed by atoms with van der Waals surface area (Å²) in [5.74, 6) is 0.543. The van der Waals surface area contributed by atoms with Crippen LogP contribution in [0.1, 0.15) is 41.3 Å². The lowest BCUT2D eigenvalue weighted by Gasteiger charge is -2.30. The normalized spacial score (nSPS) is 15.9. The zero-order chi connectivity index (χ0) is 17.6. The van der Waals surface area contributed by atoms with Gasteiger partial charge in [-0.15, -0.1) is 0 Å². The number of nitrogens with zero attached hydrogens (tertiary/aromatic N) is 1. The Labute approximate surface area is 158 Å². The molecule has 1 aliphatic rings. The smallest absolute Gasteiger partial charge is 0.338 e. The molecule has 3 rings (SSSR count). The molecule has 0 N–H and O–H groups in total. The van der Waals surface area contributed by atoms with Crippen molar-refractivity contribution in [3.8, 4) is 0 Å². The molecule has 2 aromatic rings. The summed E-state index contributed by atoms with van der Waals surface area (Å²) in [6, 6.07) is 15.6. The predicted octanol–water partition coefficient (Wildman–Crippen LogP) is 5.04. The molecule has 1 saturated heterocycles. The van der Waals surface area contributed by atoms with E-state index in [4.69, 9.17) is 4.74 Å². The fraction of sp³-hybridized carbons (Fsp3) is 0.381. The highest BCUT2D eigenvalue weighted by Crippen LogP contribution is 2.22. The maximum atomic E-state index is 12.4. The minimum absolute atomic E-state index is 0.279. The van der Waals surface area contributed by atoms with Crippen LogP contribution in [-0.4, -0.2) is 24.0 Å². The van der Waals surface area contributed by atoms with Gasteiger partial charge >= 0.3 is 5.97 Å². The first kappa shape index (κ1) is 18.2. The Morgan fingerprint density at radius 1 is 1.12 bits per heavy atom. The molecule has 0 aromatic heterocycles. The van der Waals surface area contributed by atoms with Crippen LogP contribution in [0.5, 0.6) is 0 Å². The van der Waals surface area contributed by atoms with Crippen molar-refractivity contribution < 1.29 is 9.53 Å². The molecule has 0 spiro atoms. The predicted molar refractivity (Wildman–Crippen MR) is 103 cm³/mol. The molecule has 2 aromatic carbocycles. The SMILES string of the molecule is CC1CCN(Cc2cc(Br)cc(C(=O)OCc3ccccc3)c2)CC1. The van der Waals surface area contributed by atoms with E-state index >= 15 is 0 Å².